The van der Waals surface area contributed by atoms with Crippen LogP contribution in [0.15, 0.2) is 24.3 Å². The molecule has 1 aromatic rings. The van der Waals surface area contributed by atoms with Crippen molar-refractivity contribution in [1.82, 2.24) is 5.32 Å². The largest absolute Gasteiger partial charge is 0.314 e. The van der Waals surface area contributed by atoms with Crippen molar-refractivity contribution in [3.8, 4) is 0 Å². The summed E-state index contributed by atoms with van der Waals surface area (Å²) >= 11 is 0. The highest BCUT2D eigenvalue weighted by atomic mass is 35.5. The van der Waals surface area contributed by atoms with E-state index in [4.69, 9.17) is 0 Å². The van der Waals surface area contributed by atoms with Gasteiger partial charge in [0.05, 0.1) is 0 Å². The Bertz CT molecular complexity index is 312. The van der Waals surface area contributed by atoms with Crippen molar-refractivity contribution >= 4 is 12.4 Å². The maximum absolute atomic E-state index is 12.7. The molecule has 90 valence electrons. The molecule has 2 rings (SSSR count). The highest BCUT2D eigenvalue weighted by molar-refractivity contribution is 5.85. The maximum atomic E-state index is 12.7. The highest BCUT2D eigenvalue weighted by Crippen LogP contribution is 2.20. The van der Waals surface area contributed by atoms with Gasteiger partial charge in [0, 0.05) is 6.04 Å². The van der Waals surface area contributed by atoms with E-state index < -0.39 is 0 Å². The zero-order valence-corrected chi connectivity index (χ0v) is 10.4. The fraction of sp³-hybridized carbons (Fsp3) is 0.538. The molecule has 1 saturated heterocycles. The van der Waals surface area contributed by atoms with Crippen LogP contribution in [0, 0.1) is 11.7 Å². The van der Waals surface area contributed by atoms with E-state index >= 15 is 0 Å². The van der Waals surface area contributed by atoms with E-state index in [1.807, 2.05) is 12.1 Å². The minimum absolute atomic E-state index is 0. The third kappa shape index (κ3) is 3.76. The van der Waals surface area contributed by atoms with Gasteiger partial charge in [0.25, 0.3) is 0 Å². The first kappa shape index (κ1) is 13.5. The first-order valence-electron chi connectivity index (χ1n) is 5.72. The number of piperidine rings is 1. The monoisotopic (exact) mass is 243 g/mol. The zero-order valence-electron chi connectivity index (χ0n) is 9.58. The van der Waals surface area contributed by atoms with Gasteiger partial charge < -0.3 is 5.32 Å². The summed E-state index contributed by atoms with van der Waals surface area (Å²) in [6, 6.07) is 7.55. The van der Waals surface area contributed by atoms with Gasteiger partial charge in [0.1, 0.15) is 5.82 Å². The maximum Gasteiger partial charge on any atom is 0.123 e. The van der Waals surface area contributed by atoms with E-state index in [1.165, 1.54) is 18.4 Å². The Balaban J connectivity index is 0.00000128. The molecule has 1 nitrogen and oxygen atoms in total. The van der Waals surface area contributed by atoms with Crippen LogP contribution in [0.3, 0.4) is 0 Å². The van der Waals surface area contributed by atoms with Gasteiger partial charge in [-0.05, 0) is 56.3 Å². The molecule has 1 aliphatic rings. The number of benzene rings is 1. The highest BCUT2D eigenvalue weighted by Gasteiger charge is 2.18. The van der Waals surface area contributed by atoms with Crippen LogP contribution < -0.4 is 5.32 Å². The van der Waals surface area contributed by atoms with Gasteiger partial charge in [-0.3, -0.25) is 0 Å². The summed E-state index contributed by atoms with van der Waals surface area (Å²) in [6.45, 7) is 3.35. The molecule has 1 aromatic carbocycles. The van der Waals surface area contributed by atoms with Crippen LogP contribution in [0.5, 0.6) is 0 Å². The van der Waals surface area contributed by atoms with Crippen molar-refractivity contribution in [3.63, 3.8) is 0 Å². The summed E-state index contributed by atoms with van der Waals surface area (Å²) in [5.41, 5.74) is 1.26. The van der Waals surface area contributed by atoms with Crippen LogP contribution in [0.2, 0.25) is 0 Å². The fourth-order valence-corrected chi connectivity index (χ4v) is 2.37. The molecule has 1 unspecified atom stereocenters. The van der Waals surface area contributed by atoms with Crippen LogP contribution in [0.1, 0.15) is 25.3 Å². The van der Waals surface area contributed by atoms with E-state index in [0.717, 1.165) is 18.9 Å². The van der Waals surface area contributed by atoms with Gasteiger partial charge in [0.15, 0.2) is 0 Å². The van der Waals surface area contributed by atoms with Crippen molar-refractivity contribution in [2.45, 2.75) is 32.2 Å². The van der Waals surface area contributed by atoms with Gasteiger partial charge in [-0.25, -0.2) is 4.39 Å². The summed E-state index contributed by atoms with van der Waals surface area (Å²) in [5, 5.41) is 3.45. The summed E-state index contributed by atoms with van der Waals surface area (Å²) in [6.07, 6.45) is 3.56. The van der Waals surface area contributed by atoms with E-state index in [9.17, 15) is 4.39 Å². The molecule has 0 aromatic heterocycles. The predicted octanol–water partition coefficient (Wildman–Crippen LogP) is 3.18. The summed E-state index contributed by atoms with van der Waals surface area (Å²) in [7, 11) is 0. The van der Waals surface area contributed by atoms with E-state index in [-0.39, 0.29) is 18.2 Å². The second-order valence-electron chi connectivity index (χ2n) is 4.58. The van der Waals surface area contributed by atoms with Crippen LogP contribution >= 0.6 is 12.4 Å². The van der Waals surface area contributed by atoms with Crippen molar-refractivity contribution < 1.29 is 4.39 Å². The van der Waals surface area contributed by atoms with Crippen molar-refractivity contribution in [1.29, 1.82) is 0 Å². The predicted molar refractivity (Wildman–Crippen MR) is 67.5 cm³/mol. The average Bonchev–Trinajstić information content (AvgIpc) is 2.22. The molecule has 0 saturated carbocycles. The molecule has 16 heavy (non-hydrogen) atoms. The first-order valence-corrected chi connectivity index (χ1v) is 5.72. The Hall–Kier alpha value is -0.600. The first-order chi connectivity index (χ1) is 7.24. The molecule has 2 atom stereocenters. The number of nitrogens with one attached hydrogen (secondary N) is 1. The Morgan fingerprint density at radius 3 is 2.62 bits per heavy atom. The average molecular weight is 244 g/mol. The van der Waals surface area contributed by atoms with Gasteiger partial charge in [-0.1, -0.05) is 12.1 Å². The van der Waals surface area contributed by atoms with E-state index in [1.54, 1.807) is 12.1 Å². The van der Waals surface area contributed by atoms with Gasteiger partial charge in [0.2, 0.25) is 0 Å². The van der Waals surface area contributed by atoms with Crippen molar-refractivity contribution in [3.05, 3.63) is 35.6 Å². The lowest BCUT2D eigenvalue weighted by molar-refractivity contribution is 0.314. The van der Waals surface area contributed by atoms with Gasteiger partial charge in [-0.2, -0.15) is 0 Å². The van der Waals surface area contributed by atoms with Gasteiger partial charge in [-0.15, -0.1) is 12.4 Å². The summed E-state index contributed by atoms with van der Waals surface area (Å²) in [5.74, 6) is 0.615. The standard InChI is InChI=1S/C13H18FN.ClH/c1-10-8-12(6-7-15-10)9-11-2-4-13(14)5-3-11;/h2-5,10,12,15H,6-9H2,1H3;1H/t10-,12?;/m1./s1. The summed E-state index contributed by atoms with van der Waals surface area (Å²) in [4.78, 5) is 0. The minimum atomic E-state index is -0.141. The number of rotatable bonds is 2. The quantitative estimate of drug-likeness (QED) is 0.841. The third-order valence-corrected chi connectivity index (χ3v) is 3.17. The molecular formula is C13H19ClFN. The van der Waals surface area contributed by atoms with Crippen LogP contribution in [-0.4, -0.2) is 12.6 Å². The molecule has 1 heterocycles. The Morgan fingerprint density at radius 2 is 2.00 bits per heavy atom. The second-order valence-corrected chi connectivity index (χ2v) is 4.58. The molecule has 1 N–H and O–H groups in total. The molecule has 0 amide bonds. The van der Waals surface area contributed by atoms with Crippen LogP contribution in [-0.2, 0) is 6.42 Å². The Morgan fingerprint density at radius 1 is 1.31 bits per heavy atom. The lowest BCUT2D eigenvalue weighted by Gasteiger charge is -2.28. The van der Waals surface area contributed by atoms with Gasteiger partial charge >= 0.3 is 0 Å². The second kappa shape index (κ2) is 6.21. The normalized spacial score (nSPS) is 24.9. The minimum Gasteiger partial charge on any atom is -0.314 e. The number of halogens is 2. The molecule has 0 spiro atoms. The smallest absolute Gasteiger partial charge is 0.123 e. The SMILES string of the molecule is C[C@@H]1CC(Cc2ccc(F)cc2)CCN1.Cl. The lowest BCUT2D eigenvalue weighted by atomic mass is 9.88. The molecule has 0 radical (unpaired) electrons. The van der Waals surface area contributed by atoms with Crippen LogP contribution in [0.4, 0.5) is 4.39 Å². The molecular weight excluding hydrogens is 225 g/mol. The zero-order chi connectivity index (χ0) is 10.7. The lowest BCUT2D eigenvalue weighted by Crippen LogP contribution is -2.36. The number of hydrogen-bond acceptors (Lipinski definition) is 1. The molecule has 3 heteroatoms. The Kier molecular flexibility index (Phi) is 5.23. The van der Waals surface area contributed by atoms with E-state index in [2.05, 4.69) is 12.2 Å². The molecule has 1 fully saturated rings. The Labute approximate surface area is 103 Å². The molecule has 0 bridgehead atoms. The topological polar surface area (TPSA) is 12.0 Å². The molecule has 1 aliphatic heterocycles. The van der Waals surface area contributed by atoms with E-state index in [0.29, 0.717) is 6.04 Å². The third-order valence-electron chi connectivity index (χ3n) is 3.17. The van der Waals surface area contributed by atoms with Crippen molar-refractivity contribution in [2.75, 3.05) is 6.54 Å². The molecule has 0 aliphatic carbocycles. The summed E-state index contributed by atoms with van der Waals surface area (Å²) < 4.78 is 12.7. The fourth-order valence-electron chi connectivity index (χ4n) is 2.37. The van der Waals surface area contributed by atoms with Crippen LogP contribution in [0.25, 0.3) is 0 Å². The number of hydrogen-bond donors (Lipinski definition) is 1. The van der Waals surface area contributed by atoms with Crippen molar-refractivity contribution in [2.24, 2.45) is 5.92 Å².